The normalized spacial score (nSPS) is 9.89. The molecule has 0 bridgehead atoms. The molecule has 0 aliphatic carbocycles. The third-order valence-electron chi connectivity index (χ3n) is 2.40. The highest BCUT2D eigenvalue weighted by Crippen LogP contribution is 2.14. The summed E-state index contributed by atoms with van der Waals surface area (Å²) < 4.78 is 0. The lowest BCUT2D eigenvalue weighted by Gasteiger charge is -2.11. The van der Waals surface area contributed by atoms with Gasteiger partial charge in [-0.3, -0.25) is 4.98 Å². The Labute approximate surface area is 111 Å². The summed E-state index contributed by atoms with van der Waals surface area (Å²) in [5.74, 6) is 0.715. The van der Waals surface area contributed by atoms with E-state index in [1.807, 2.05) is 38.1 Å². The van der Waals surface area contributed by atoms with Crippen LogP contribution >= 0.6 is 12.2 Å². The number of aromatic nitrogens is 2. The lowest BCUT2D eigenvalue weighted by molar-refractivity contribution is 1.18. The van der Waals surface area contributed by atoms with Gasteiger partial charge < -0.3 is 10.6 Å². The van der Waals surface area contributed by atoms with Crippen molar-refractivity contribution >= 4 is 28.8 Å². The van der Waals surface area contributed by atoms with Gasteiger partial charge in [0.15, 0.2) is 5.11 Å². The Hall–Kier alpha value is -2.01. The van der Waals surface area contributed by atoms with Crippen LogP contribution in [-0.2, 0) is 0 Å². The molecule has 0 spiro atoms. The van der Waals surface area contributed by atoms with Gasteiger partial charge in [-0.15, -0.1) is 0 Å². The van der Waals surface area contributed by atoms with Crippen molar-refractivity contribution in [1.82, 2.24) is 9.97 Å². The summed E-state index contributed by atoms with van der Waals surface area (Å²) >= 11 is 5.22. The number of nitrogens with zero attached hydrogens (tertiary/aromatic N) is 2. The Kier molecular flexibility index (Phi) is 3.84. The number of hydrogen-bond donors (Lipinski definition) is 2. The van der Waals surface area contributed by atoms with Gasteiger partial charge in [-0.05, 0) is 49.8 Å². The molecule has 0 saturated carbocycles. The molecule has 0 aromatic carbocycles. The van der Waals surface area contributed by atoms with E-state index in [1.54, 1.807) is 12.4 Å². The van der Waals surface area contributed by atoms with E-state index < -0.39 is 0 Å². The molecule has 0 radical (unpaired) electrons. The van der Waals surface area contributed by atoms with E-state index in [0.717, 1.165) is 16.9 Å². The fourth-order valence-electron chi connectivity index (χ4n) is 1.53. The van der Waals surface area contributed by atoms with Gasteiger partial charge >= 0.3 is 0 Å². The first kappa shape index (κ1) is 12.4. The first-order valence-corrected chi connectivity index (χ1v) is 5.98. The van der Waals surface area contributed by atoms with Crippen LogP contribution in [0, 0.1) is 13.8 Å². The summed E-state index contributed by atoms with van der Waals surface area (Å²) in [4.78, 5) is 8.38. The largest absolute Gasteiger partial charge is 0.331 e. The van der Waals surface area contributed by atoms with Crippen LogP contribution in [0.3, 0.4) is 0 Å². The number of aryl methyl sites for hydroxylation is 2. The molecule has 5 heteroatoms. The fourth-order valence-corrected chi connectivity index (χ4v) is 1.75. The minimum atomic E-state index is 0.502. The van der Waals surface area contributed by atoms with Gasteiger partial charge in [-0.2, -0.15) is 0 Å². The molecule has 2 N–H and O–H groups in total. The van der Waals surface area contributed by atoms with Crippen molar-refractivity contribution in [2.24, 2.45) is 0 Å². The van der Waals surface area contributed by atoms with Gasteiger partial charge in [0, 0.05) is 11.9 Å². The second kappa shape index (κ2) is 5.55. The van der Waals surface area contributed by atoms with Crippen molar-refractivity contribution in [2.45, 2.75) is 13.8 Å². The second-order valence-electron chi connectivity index (χ2n) is 3.93. The van der Waals surface area contributed by atoms with Crippen LogP contribution in [0.15, 0.2) is 36.7 Å². The van der Waals surface area contributed by atoms with E-state index in [1.165, 1.54) is 0 Å². The molecule has 4 nitrogen and oxygen atoms in total. The van der Waals surface area contributed by atoms with Crippen molar-refractivity contribution < 1.29 is 0 Å². The standard InChI is InChI=1S/C13H14N4S/c1-9-7-10(2)15-8-11(9)16-13(18)17-12-5-3-4-6-14-12/h3-8H,1-2H3,(H2,14,16,17,18). The number of anilines is 2. The molecule has 92 valence electrons. The summed E-state index contributed by atoms with van der Waals surface area (Å²) in [5.41, 5.74) is 2.99. The van der Waals surface area contributed by atoms with Crippen LogP contribution < -0.4 is 10.6 Å². The van der Waals surface area contributed by atoms with Crippen molar-refractivity contribution in [1.29, 1.82) is 0 Å². The van der Waals surface area contributed by atoms with Gasteiger partial charge in [0.25, 0.3) is 0 Å². The molecule has 0 aliphatic rings. The van der Waals surface area contributed by atoms with Crippen molar-refractivity contribution in [2.75, 3.05) is 10.6 Å². The molecular weight excluding hydrogens is 244 g/mol. The Morgan fingerprint density at radius 1 is 1.17 bits per heavy atom. The maximum atomic E-state index is 5.22. The SMILES string of the molecule is Cc1cc(C)c(NC(=S)Nc2ccccn2)cn1. The highest BCUT2D eigenvalue weighted by molar-refractivity contribution is 7.80. The van der Waals surface area contributed by atoms with Gasteiger partial charge in [0.2, 0.25) is 0 Å². The van der Waals surface area contributed by atoms with E-state index in [9.17, 15) is 0 Å². The monoisotopic (exact) mass is 258 g/mol. The van der Waals surface area contributed by atoms with Crippen LogP contribution in [0.5, 0.6) is 0 Å². The smallest absolute Gasteiger partial charge is 0.176 e. The van der Waals surface area contributed by atoms with Gasteiger partial charge in [0.05, 0.1) is 11.9 Å². The maximum absolute atomic E-state index is 5.22. The molecule has 0 aliphatic heterocycles. The number of hydrogen-bond acceptors (Lipinski definition) is 3. The Bertz CT molecular complexity index is 554. The van der Waals surface area contributed by atoms with E-state index in [2.05, 4.69) is 20.6 Å². The Morgan fingerprint density at radius 2 is 2.00 bits per heavy atom. The van der Waals surface area contributed by atoms with Crippen molar-refractivity contribution in [3.05, 3.63) is 47.9 Å². The predicted molar refractivity (Wildman–Crippen MR) is 77.8 cm³/mol. The quantitative estimate of drug-likeness (QED) is 0.811. The third kappa shape index (κ3) is 3.24. The molecule has 18 heavy (non-hydrogen) atoms. The summed E-state index contributed by atoms with van der Waals surface area (Å²) in [6.45, 7) is 3.97. The van der Waals surface area contributed by atoms with Crippen LogP contribution in [-0.4, -0.2) is 15.1 Å². The Morgan fingerprint density at radius 3 is 2.67 bits per heavy atom. The van der Waals surface area contributed by atoms with Gasteiger partial charge in [-0.1, -0.05) is 6.07 Å². The average molecular weight is 258 g/mol. The summed E-state index contributed by atoms with van der Waals surface area (Å²) in [5, 5.41) is 6.62. The average Bonchev–Trinajstić information content (AvgIpc) is 2.34. The number of thiocarbonyl (C=S) groups is 1. The van der Waals surface area contributed by atoms with E-state index in [0.29, 0.717) is 10.9 Å². The third-order valence-corrected chi connectivity index (χ3v) is 2.61. The first-order valence-electron chi connectivity index (χ1n) is 5.57. The molecular formula is C13H14N4S. The topological polar surface area (TPSA) is 49.8 Å². The maximum Gasteiger partial charge on any atom is 0.176 e. The number of nitrogens with one attached hydrogen (secondary N) is 2. The van der Waals surface area contributed by atoms with Gasteiger partial charge in [0.1, 0.15) is 5.82 Å². The minimum Gasteiger partial charge on any atom is -0.331 e. The summed E-state index contributed by atoms with van der Waals surface area (Å²) in [6, 6.07) is 7.62. The van der Waals surface area contributed by atoms with Gasteiger partial charge in [-0.25, -0.2) is 4.98 Å². The minimum absolute atomic E-state index is 0.502. The molecule has 2 aromatic rings. The molecule has 2 aromatic heterocycles. The van der Waals surface area contributed by atoms with Crippen LogP contribution in [0.2, 0.25) is 0 Å². The number of pyridine rings is 2. The first-order chi connectivity index (χ1) is 8.65. The zero-order chi connectivity index (χ0) is 13.0. The van der Waals surface area contributed by atoms with E-state index in [-0.39, 0.29) is 0 Å². The highest BCUT2D eigenvalue weighted by Gasteiger charge is 2.02. The lowest BCUT2D eigenvalue weighted by atomic mass is 10.2. The zero-order valence-corrected chi connectivity index (χ0v) is 11.1. The van der Waals surface area contributed by atoms with Crippen LogP contribution in [0.4, 0.5) is 11.5 Å². The molecule has 0 unspecified atom stereocenters. The van der Waals surface area contributed by atoms with E-state index in [4.69, 9.17) is 12.2 Å². The molecule has 0 fully saturated rings. The summed E-state index contributed by atoms with van der Waals surface area (Å²) in [6.07, 6.45) is 3.49. The summed E-state index contributed by atoms with van der Waals surface area (Å²) in [7, 11) is 0. The molecule has 0 atom stereocenters. The lowest BCUT2D eigenvalue weighted by Crippen LogP contribution is -2.20. The molecule has 0 saturated heterocycles. The fraction of sp³-hybridized carbons (Fsp3) is 0.154. The molecule has 2 rings (SSSR count). The molecule has 2 heterocycles. The van der Waals surface area contributed by atoms with Crippen LogP contribution in [0.25, 0.3) is 0 Å². The number of rotatable bonds is 2. The predicted octanol–water partition coefficient (Wildman–Crippen LogP) is 2.90. The van der Waals surface area contributed by atoms with Crippen LogP contribution in [0.1, 0.15) is 11.3 Å². The molecule has 0 amide bonds. The second-order valence-corrected chi connectivity index (χ2v) is 4.34. The van der Waals surface area contributed by atoms with E-state index >= 15 is 0 Å². The van der Waals surface area contributed by atoms with Crippen molar-refractivity contribution in [3.63, 3.8) is 0 Å². The highest BCUT2D eigenvalue weighted by atomic mass is 32.1. The Balaban J connectivity index is 2.03. The zero-order valence-electron chi connectivity index (χ0n) is 10.3. The van der Waals surface area contributed by atoms with Crippen molar-refractivity contribution in [3.8, 4) is 0 Å².